The Labute approximate surface area is 200 Å². The minimum absolute atomic E-state index is 0.0831. The van der Waals surface area contributed by atoms with E-state index in [9.17, 15) is 9.59 Å². The number of carbonyl (C=O) groups is 2. The average molecular weight is 501 g/mol. The van der Waals surface area contributed by atoms with Gasteiger partial charge in [-0.3, -0.25) is 4.79 Å². The second kappa shape index (κ2) is 10.7. The van der Waals surface area contributed by atoms with Crippen LogP contribution in [-0.4, -0.2) is 18.4 Å². The summed E-state index contributed by atoms with van der Waals surface area (Å²) in [7, 11) is 0. The van der Waals surface area contributed by atoms with Gasteiger partial charge in [-0.15, -0.1) is 0 Å². The maximum atomic E-state index is 12.6. The molecule has 0 radical (unpaired) electrons. The third-order valence-corrected chi connectivity index (χ3v) is 5.64. The van der Waals surface area contributed by atoms with Crippen LogP contribution in [0, 0.1) is 0 Å². The molecular formula is C28H21BrO4. The minimum atomic E-state index is -0.492. The Hall–Kier alpha value is -3.70. The molecule has 0 amide bonds. The van der Waals surface area contributed by atoms with E-state index in [4.69, 9.17) is 9.47 Å². The first kappa shape index (κ1) is 22.5. The summed E-state index contributed by atoms with van der Waals surface area (Å²) in [6.07, 6.45) is 0.792. The molecule has 0 N–H and O–H groups in total. The van der Waals surface area contributed by atoms with E-state index >= 15 is 0 Å². The van der Waals surface area contributed by atoms with Crippen LogP contribution in [0.1, 0.15) is 31.8 Å². The van der Waals surface area contributed by atoms with Gasteiger partial charge in [0.15, 0.2) is 5.78 Å². The average Bonchev–Trinajstić information content (AvgIpc) is 2.86. The van der Waals surface area contributed by atoms with Gasteiger partial charge in [0.05, 0.1) is 16.6 Å². The van der Waals surface area contributed by atoms with Gasteiger partial charge in [0.2, 0.25) is 0 Å². The van der Waals surface area contributed by atoms with Crippen molar-refractivity contribution < 1.29 is 19.1 Å². The quantitative estimate of drug-likeness (QED) is 0.157. The van der Waals surface area contributed by atoms with E-state index in [-0.39, 0.29) is 5.78 Å². The molecule has 0 aliphatic heterocycles. The monoisotopic (exact) mass is 500 g/mol. The van der Waals surface area contributed by atoms with Crippen molar-refractivity contribution in [2.24, 2.45) is 0 Å². The zero-order valence-corrected chi connectivity index (χ0v) is 19.3. The van der Waals surface area contributed by atoms with Crippen LogP contribution in [0.15, 0.2) is 108 Å². The number of carbonyl (C=O) groups excluding carboxylic acids is 2. The van der Waals surface area contributed by atoms with Crippen molar-refractivity contribution in [2.45, 2.75) is 6.42 Å². The van der Waals surface area contributed by atoms with Crippen molar-refractivity contribution in [2.75, 3.05) is 6.61 Å². The highest BCUT2D eigenvalue weighted by molar-refractivity contribution is 9.10. The molecule has 0 aromatic heterocycles. The second-order valence-corrected chi connectivity index (χ2v) is 8.19. The zero-order valence-electron chi connectivity index (χ0n) is 17.7. The van der Waals surface area contributed by atoms with Crippen LogP contribution in [0.2, 0.25) is 0 Å². The van der Waals surface area contributed by atoms with E-state index in [1.807, 2.05) is 36.4 Å². The molecule has 0 fully saturated rings. The van der Waals surface area contributed by atoms with E-state index in [1.54, 1.807) is 54.6 Å². The van der Waals surface area contributed by atoms with Gasteiger partial charge in [-0.05, 0) is 64.0 Å². The third-order valence-electron chi connectivity index (χ3n) is 5.02. The molecule has 0 saturated carbocycles. The summed E-state index contributed by atoms with van der Waals surface area (Å²) in [4.78, 5) is 25.1. The van der Waals surface area contributed by atoms with Gasteiger partial charge in [-0.2, -0.15) is 0 Å². The molecule has 164 valence electrons. The molecule has 0 aliphatic carbocycles. The van der Waals surface area contributed by atoms with E-state index < -0.39 is 5.97 Å². The highest BCUT2D eigenvalue weighted by Gasteiger charge is 2.13. The Morgan fingerprint density at radius 3 is 1.97 bits per heavy atom. The van der Waals surface area contributed by atoms with Gasteiger partial charge in [0.1, 0.15) is 11.5 Å². The molecule has 4 aromatic carbocycles. The number of hydrogen-bond acceptors (Lipinski definition) is 4. The summed E-state index contributed by atoms with van der Waals surface area (Å²) in [5.41, 5.74) is 2.73. The molecule has 0 atom stereocenters. The third kappa shape index (κ3) is 5.96. The van der Waals surface area contributed by atoms with Crippen molar-refractivity contribution in [1.29, 1.82) is 0 Å². The molecule has 33 heavy (non-hydrogen) atoms. The number of halogens is 1. The number of ketones is 1. The Kier molecular flexibility index (Phi) is 7.33. The van der Waals surface area contributed by atoms with E-state index in [0.717, 1.165) is 6.42 Å². The highest BCUT2D eigenvalue weighted by atomic mass is 79.9. The first-order valence-electron chi connectivity index (χ1n) is 10.5. The number of esters is 1. The van der Waals surface area contributed by atoms with Crippen LogP contribution in [0.25, 0.3) is 0 Å². The van der Waals surface area contributed by atoms with Gasteiger partial charge >= 0.3 is 5.97 Å². The summed E-state index contributed by atoms with van der Waals surface area (Å²) in [5, 5.41) is 0. The summed E-state index contributed by atoms with van der Waals surface area (Å²) >= 11 is 3.46. The standard InChI is InChI=1S/C28H21BrO4/c29-25-19-23(13-16-26(25)32-18-17-20-7-3-1-4-8-20)28(31)33-24-14-11-22(12-15-24)27(30)21-9-5-2-6-10-21/h1-16,19H,17-18H2. The summed E-state index contributed by atoms with van der Waals surface area (Å²) in [6, 6.07) is 30.7. The van der Waals surface area contributed by atoms with Gasteiger partial charge in [-0.25, -0.2) is 4.79 Å². The fraction of sp³-hybridized carbons (Fsp3) is 0.0714. The predicted octanol–water partition coefficient (Wildman–Crippen LogP) is 6.52. The Morgan fingerprint density at radius 2 is 1.30 bits per heavy atom. The first-order valence-corrected chi connectivity index (χ1v) is 11.3. The summed E-state index contributed by atoms with van der Waals surface area (Å²) in [6.45, 7) is 0.528. The number of rotatable bonds is 8. The van der Waals surface area contributed by atoms with Crippen molar-refractivity contribution in [3.63, 3.8) is 0 Å². The van der Waals surface area contributed by atoms with Crippen LogP contribution in [0.4, 0.5) is 0 Å². The molecule has 4 rings (SSSR count). The molecule has 0 unspecified atom stereocenters. The maximum Gasteiger partial charge on any atom is 0.343 e. The Morgan fingerprint density at radius 1 is 0.697 bits per heavy atom. The molecule has 4 aromatic rings. The van der Waals surface area contributed by atoms with E-state index in [1.165, 1.54) is 5.56 Å². The van der Waals surface area contributed by atoms with Gasteiger partial charge in [0.25, 0.3) is 0 Å². The number of hydrogen-bond donors (Lipinski definition) is 0. The summed E-state index contributed by atoms with van der Waals surface area (Å²) < 4.78 is 12.0. The predicted molar refractivity (Wildman–Crippen MR) is 131 cm³/mol. The molecule has 0 saturated heterocycles. The summed E-state index contributed by atoms with van der Waals surface area (Å²) in [5.74, 6) is 0.448. The van der Waals surface area contributed by atoms with E-state index in [0.29, 0.717) is 39.3 Å². The van der Waals surface area contributed by atoms with Crippen LogP contribution in [-0.2, 0) is 6.42 Å². The van der Waals surface area contributed by atoms with Crippen molar-refractivity contribution in [3.8, 4) is 11.5 Å². The molecule has 0 spiro atoms. The lowest BCUT2D eigenvalue weighted by Gasteiger charge is -2.10. The van der Waals surface area contributed by atoms with Gasteiger partial charge < -0.3 is 9.47 Å². The lowest BCUT2D eigenvalue weighted by molar-refractivity contribution is 0.0734. The largest absolute Gasteiger partial charge is 0.492 e. The van der Waals surface area contributed by atoms with E-state index in [2.05, 4.69) is 28.1 Å². The Balaban J connectivity index is 1.35. The molecule has 0 aliphatic rings. The molecule has 5 heteroatoms. The lowest BCUT2D eigenvalue weighted by Crippen LogP contribution is -2.09. The Bertz CT molecular complexity index is 1240. The zero-order chi connectivity index (χ0) is 23.0. The normalized spacial score (nSPS) is 10.5. The number of benzene rings is 4. The fourth-order valence-corrected chi connectivity index (χ4v) is 3.76. The highest BCUT2D eigenvalue weighted by Crippen LogP contribution is 2.27. The topological polar surface area (TPSA) is 52.6 Å². The first-order chi connectivity index (χ1) is 16.1. The maximum absolute atomic E-state index is 12.6. The SMILES string of the molecule is O=C(Oc1ccc(C(=O)c2ccccc2)cc1)c1ccc(OCCc2ccccc2)c(Br)c1. The van der Waals surface area contributed by atoms with Crippen molar-refractivity contribution >= 4 is 27.7 Å². The van der Waals surface area contributed by atoms with Crippen molar-refractivity contribution in [1.82, 2.24) is 0 Å². The molecule has 0 heterocycles. The van der Waals surface area contributed by atoms with Gasteiger partial charge in [0, 0.05) is 17.5 Å². The molecule has 4 nitrogen and oxygen atoms in total. The smallest absolute Gasteiger partial charge is 0.343 e. The van der Waals surface area contributed by atoms with Crippen LogP contribution >= 0.6 is 15.9 Å². The van der Waals surface area contributed by atoms with Crippen LogP contribution < -0.4 is 9.47 Å². The molecular weight excluding hydrogens is 480 g/mol. The number of ether oxygens (including phenoxy) is 2. The van der Waals surface area contributed by atoms with Crippen molar-refractivity contribution in [3.05, 3.63) is 130 Å². The van der Waals surface area contributed by atoms with Crippen LogP contribution in [0.3, 0.4) is 0 Å². The fourth-order valence-electron chi connectivity index (χ4n) is 3.26. The second-order valence-electron chi connectivity index (χ2n) is 7.34. The lowest BCUT2D eigenvalue weighted by atomic mass is 10.0. The van der Waals surface area contributed by atoms with Crippen LogP contribution in [0.5, 0.6) is 11.5 Å². The van der Waals surface area contributed by atoms with Gasteiger partial charge in [-0.1, -0.05) is 60.7 Å². The molecule has 0 bridgehead atoms. The minimum Gasteiger partial charge on any atom is -0.492 e.